The molecule has 1 amide bonds. The van der Waals surface area contributed by atoms with Gasteiger partial charge in [-0.3, -0.25) is 4.79 Å². The average molecular weight is 390 g/mol. The molecule has 29 heavy (non-hydrogen) atoms. The van der Waals surface area contributed by atoms with Crippen LogP contribution >= 0.6 is 0 Å². The number of hydrogen-bond donors (Lipinski definition) is 3. The number of nitrogens with one attached hydrogen (secondary N) is 1. The Hall–Kier alpha value is -3.30. The van der Waals surface area contributed by atoms with Gasteiger partial charge in [0.15, 0.2) is 0 Å². The molecule has 0 unspecified atom stereocenters. The minimum atomic E-state index is 0.0761. The van der Waals surface area contributed by atoms with Crippen LogP contribution in [-0.2, 0) is 4.79 Å². The Kier molecular flexibility index (Phi) is 6.53. The summed E-state index contributed by atoms with van der Waals surface area (Å²) in [6.07, 6.45) is 4.66. The van der Waals surface area contributed by atoms with Crippen molar-refractivity contribution in [2.75, 3.05) is 0 Å². The molecule has 0 saturated heterocycles. The van der Waals surface area contributed by atoms with E-state index in [0.29, 0.717) is 12.0 Å². The number of benzene rings is 2. The highest BCUT2D eigenvalue weighted by Crippen LogP contribution is 2.29. The number of nitriles is 1. The highest BCUT2D eigenvalue weighted by atomic mass is 16.1. The number of hydrazine groups is 1. The monoisotopic (exact) mass is 389 g/mol. The smallest absolute Gasteiger partial charge is 0.219 e. The first kappa shape index (κ1) is 20.4. The minimum Gasteiger partial charge on any atom is -0.403 e. The Morgan fingerprint density at radius 2 is 1.79 bits per heavy atom. The van der Waals surface area contributed by atoms with Crippen LogP contribution in [0.15, 0.2) is 54.7 Å². The Bertz CT molecular complexity index is 912. The van der Waals surface area contributed by atoms with Crippen molar-refractivity contribution in [2.45, 2.75) is 44.7 Å². The fraction of sp³-hybridized carbons (Fsp3) is 0.304. The van der Waals surface area contributed by atoms with Gasteiger partial charge < -0.3 is 16.1 Å². The molecular weight excluding hydrogens is 362 g/mol. The summed E-state index contributed by atoms with van der Waals surface area (Å²) >= 11 is 0. The lowest BCUT2D eigenvalue weighted by atomic mass is 10.0. The van der Waals surface area contributed by atoms with E-state index in [1.165, 1.54) is 6.20 Å². The lowest BCUT2D eigenvalue weighted by Crippen LogP contribution is -2.40. The van der Waals surface area contributed by atoms with Crippen molar-refractivity contribution in [2.24, 2.45) is 11.6 Å². The molecule has 1 aliphatic carbocycles. The first-order chi connectivity index (χ1) is 14.0. The van der Waals surface area contributed by atoms with E-state index in [4.69, 9.17) is 16.8 Å². The fourth-order valence-corrected chi connectivity index (χ4v) is 3.77. The van der Waals surface area contributed by atoms with Crippen molar-refractivity contribution in [3.8, 4) is 17.2 Å². The molecule has 2 aromatic rings. The zero-order valence-electron chi connectivity index (χ0n) is 16.6. The quantitative estimate of drug-likeness (QED) is 0.520. The van der Waals surface area contributed by atoms with Gasteiger partial charge in [-0.05, 0) is 42.5 Å². The summed E-state index contributed by atoms with van der Waals surface area (Å²) in [5, 5.41) is 13.7. The van der Waals surface area contributed by atoms with Crippen LogP contribution in [0.25, 0.3) is 16.8 Å². The molecule has 3 rings (SSSR count). The van der Waals surface area contributed by atoms with Gasteiger partial charge in [0.05, 0.1) is 17.3 Å². The Morgan fingerprint density at radius 3 is 2.34 bits per heavy atom. The van der Waals surface area contributed by atoms with Gasteiger partial charge in [-0.25, -0.2) is 5.84 Å². The van der Waals surface area contributed by atoms with Crippen LogP contribution in [0.5, 0.6) is 0 Å². The zero-order chi connectivity index (χ0) is 20.8. The number of carbonyl (C=O) groups is 1. The molecule has 0 radical (unpaired) electrons. The summed E-state index contributed by atoms with van der Waals surface area (Å²) in [4.78, 5) is 11.6. The van der Waals surface area contributed by atoms with Crippen molar-refractivity contribution < 1.29 is 4.79 Å². The molecule has 6 nitrogen and oxygen atoms in total. The summed E-state index contributed by atoms with van der Waals surface area (Å²) in [6, 6.07) is 17.9. The van der Waals surface area contributed by atoms with E-state index in [1.807, 2.05) is 55.5 Å². The van der Waals surface area contributed by atoms with E-state index in [2.05, 4.69) is 11.4 Å². The van der Waals surface area contributed by atoms with E-state index in [0.717, 1.165) is 41.6 Å². The van der Waals surface area contributed by atoms with Crippen LogP contribution in [0.3, 0.4) is 0 Å². The van der Waals surface area contributed by atoms with Crippen molar-refractivity contribution >= 4 is 11.6 Å². The van der Waals surface area contributed by atoms with Gasteiger partial charge in [0, 0.05) is 30.3 Å². The Balaban J connectivity index is 1.70. The average Bonchev–Trinajstić information content (AvgIpc) is 3.23. The largest absolute Gasteiger partial charge is 0.403 e. The summed E-state index contributed by atoms with van der Waals surface area (Å²) in [6.45, 7) is 1.85. The standard InChI is InChI=1S/C23H27N5O/c1-2-23(29)27-20-11-12-21(13-20)28(26)22(15-25)19-9-7-18(8-10-19)17-5-3-16(14-24)4-6-17/h3-10,15,20-21H,2,11-13,25-26H2,1H3,(H,27,29)/b22-15-/t20-,21+/m0/s1. The predicted molar refractivity (Wildman–Crippen MR) is 115 cm³/mol. The van der Waals surface area contributed by atoms with E-state index < -0.39 is 0 Å². The van der Waals surface area contributed by atoms with Crippen LogP contribution in [0.2, 0.25) is 0 Å². The molecule has 2 aromatic carbocycles. The molecule has 1 fully saturated rings. The predicted octanol–water partition coefficient (Wildman–Crippen LogP) is 3.11. The molecule has 5 N–H and O–H groups in total. The number of nitrogens with two attached hydrogens (primary N) is 2. The highest BCUT2D eigenvalue weighted by Gasteiger charge is 2.30. The molecule has 2 atom stereocenters. The molecule has 0 aliphatic heterocycles. The van der Waals surface area contributed by atoms with Crippen molar-refractivity contribution in [3.05, 3.63) is 65.9 Å². The second-order valence-electron chi connectivity index (χ2n) is 7.31. The molecule has 0 aromatic heterocycles. The molecule has 6 heteroatoms. The van der Waals surface area contributed by atoms with E-state index >= 15 is 0 Å². The molecule has 1 aliphatic rings. The fourth-order valence-electron chi connectivity index (χ4n) is 3.77. The third-order valence-corrected chi connectivity index (χ3v) is 5.45. The van der Waals surface area contributed by atoms with Gasteiger partial charge >= 0.3 is 0 Å². The third kappa shape index (κ3) is 4.76. The maximum atomic E-state index is 11.6. The van der Waals surface area contributed by atoms with Crippen LogP contribution in [0.4, 0.5) is 0 Å². The SMILES string of the molecule is CCC(=O)N[C@H]1CC[C@@H](N(N)/C(=C\N)c2ccc(-c3ccc(C#N)cc3)cc2)C1. The number of carbonyl (C=O) groups excluding carboxylic acids is 1. The van der Waals surface area contributed by atoms with Crippen molar-refractivity contribution in [1.82, 2.24) is 10.3 Å². The summed E-state index contributed by atoms with van der Waals surface area (Å²) in [7, 11) is 0. The summed E-state index contributed by atoms with van der Waals surface area (Å²) < 4.78 is 0. The van der Waals surface area contributed by atoms with E-state index in [9.17, 15) is 4.79 Å². The van der Waals surface area contributed by atoms with E-state index in [-0.39, 0.29) is 18.0 Å². The maximum Gasteiger partial charge on any atom is 0.219 e. The second kappa shape index (κ2) is 9.26. The molecule has 0 heterocycles. The van der Waals surface area contributed by atoms with Gasteiger partial charge in [0.1, 0.15) is 0 Å². The van der Waals surface area contributed by atoms with Gasteiger partial charge in [-0.1, -0.05) is 43.3 Å². The van der Waals surface area contributed by atoms with Crippen LogP contribution in [0.1, 0.15) is 43.7 Å². The minimum absolute atomic E-state index is 0.0761. The van der Waals surface area contributed by atoms with Gasteiger partial charge in [-0.2, -0.15) is 5.26 Å². The van der Waals surface area contributed by atoms with Crippen LogP contribution < -0.4 is 16.9 Å². The van der Waals surface area contributed by atoms with E-state index in [1.54, 1.807) is 5.01 Å². The first-order valence-corrected chi connectivity index (χ1v) is 9.91. The number of nitrogens with zero attached hydrogens (tertiary/aromatic N) is 2. The highest BCUT2D eigenvalue weighted by molar-refractivity contribution is 5.76. The molecule has 150 valence electrons. The normalized spacial score (nSPS) is 18.9. The van der Waals surface area contributed by atoms with Crippen molar-refractivity contribution in [1.29, 1.82) is 5.26 Å². The zero-order valence-corrected chi connectivity index (χ0v) is 16.6. The molecular formula is C23H27N5O. The van der Waals surface area contributed by atoms with Crippen LogP contribution in [-0.4, -0.2) is 23.0 Å². The topological polar surface area (TPSA) is 108 Å². The molecule has 0 bridgehead atoms. The summed E-state index contributed by atoms with van der Waals surface area (Å²) in [5.41, 5.74) is 10.4. The number of hydrogen-bond acceptors (Lipinski definition) is 5. The third-order valence-electron chi connectivity index (χ3n) is 5.45. The van der Waals surface area contributed by atoms with Gasteiger partial charge in [-0.15, -0.1) is 0 Å². The summed E-state index contributed by atoms with van der Waals surface area (Å²) in [5.74, 6) is 6.49. The Morgan fingerprint density at radius 1 is 1.17 bits per heavy atom. The maximum absolute atomic E-state index is 11.6. The Labute approximate surface area is 171 Å². The van der Waals surface area contributed by atoms with Crippen molar-refractivity contribution in [3.63, 3.8) is 0 Å². The lowest BCUT2D eigenvalue weighted by molar-refractivity contribution is -0.121. The van der Waals surface area contributed by atoms with Gasteiger partial charge in [0.25, 0.3) is 0 Å². The first-order valence-electron chi connectivity index (χ1n) is 9.91. The lowest BCUT2D eigenvalue weighted by Gasteiger charge is -2.28. The van der Waals surface area contributed by atoms with Crippen LogP contribution in [0, 0.1) is 11.3 Å². The molecule has 0 spiro atoms. The second-order valence-corrected chi connectivity index (χ2v) is 7.31. The number of rotatable bonds is 6. The number of amides is 1. The van der Waals surface area contributed by atoms with Gasteiger partial charge in [0.2, 0.25) is 5.91 Å². The molecule has 1 saturated carbocycles.